The van der Waals surface area contributed by atoms with Crippen molar-refractivity contribution < 1.29 is 14.3 Å². The standard InChI is InChI=1S/C13H22N2O3/c1-9-10(16)14-12(2,3)11(17)15(9)13(4)6-5-7-18-8-13/h9H,5-8H2,1-4H3,(H,14,16). The van der Waals surface area contributed by atoms with E-state index in [2.05, 4.69) is 5.32 Å². The second-order valence-electron chi connectivity index (χ2n) is 6.12. The number of carbonyl (C=O) groups excluding carboxylic acids is 2. The molecule has 0 aromatic rings. The van der Waals surface area contributed by atoms with Crippen molar-refractivity contribution in [2.45, 2.75) is 57.7 Å². The maximum atomic E-state index is 12.6. The largest absolute Gasteiger partial charge is 0.379 e. The molecule has 0 saturated carbocycles. The number of amides is 2. The highest BCUT2D eigenvalue weighted by atomic mass is 16.5. The molecule has 2 rings (SSSR count). The van der Waals surface area contributed by atoms with Gasteiger partial charge in [-0.05, 0) is 40.5 Å². The van der Waals surface area contributed by atoms with E-state index in [-0.39, 0.29) is 17.4 Å². The van der Waals surface area contributed by atoms with Crippen molar-refractivity contribution in [1.29, 1.82) is 0 Å². The van der Waals surface area contributed by atoms with E-state index in [1.807, 2.05) is 6.92 Å². The molecule has 18 heavy (non-hydrogen) atoms. The summed E-state index contributed by atoms with van der Waals surface area (Å²) in [5, 5.41) is 2.77. The highest BCUT2D eigenvalue weighted by molar-refractivity contribution is 5.99. The third kappa shape index (κ3) is 2.00. The number of piperazine rings is 1. The maximum absolute atomic E-state index is 12.6. The third-order valence-electron chi connectivity index (χ3n) is 3.95. The van der Waals surface area contributed by atoms with Crippen LogP contribution in [0.1, 0.15) is 40.5 Å². The highest BCUT2D eigenvalue weighted by Crippen LogP contribution is 2.32. The number of carbonyl (C=O) groups is 2. The molecule has 5 heteroatoms. The van der Waals surface area contributed by atoms with E-state index in [4.69, 9.17) is 4.74 Å². The third-order valence-corrected chi connectivity index (χ3v) is 3.95. The molecule has 2 aliphatic heterocycles. The molecule has 0 spiro atoms. The molecule has 2 fully saturated rings. The summed E-state index contributed by atoms with van der Waals surface area (Å²) in [4.78, 5) is 26.3. The zero-order valence-electron chi connectivity index (χ0n) is 11.6. The van der Waals surface area contributed by atoms with Crippen molar-refractivity contribution in [1.82, 2.24) is 10.2 Å². The second kappa shape index (κ2) is 4.23. The van der Waals surface area contributed by atoms with E-state index < -0.39 is 11.6 Å². The van der Waals surface area contributed by atoms with Gasteiger partial charge in [0.05, 0.1) is 12.1 Å². The Morgan fingerprint density at radius 3 is 2.56 bits per heavy atom. The molecular formula is C13H22N2O3. The Balaban J connectivity index is 2.33. The van der Waals surface area contributed by atoms with Crippen LogP contribution in [0.25, 0.3) is 0 Å². The van der Waals surface area contributed by atoms with Gasteiger partial charge in [0, 0.05) is 6.61 Å². The Hall–Kier alpha value is -1.10. The van der Waals surface area contributed by atoms with Crippen LogP contribution in [0.3, 0.4) is 0 Å². The molecule has 2 heterocycles. The first-order chi connectivity index (χ1) is 8.28. The molecule has 2 aliphatic rings. The molecule has 2 atom stereocenters. The summed E-state index contributed by atoms with van der Waals surface area (Å²) in [6.45, 7) is 8.53. The molecule has 102 valence electrons. The Morgan fingerprint density at radius 2 is 2.00 bits per heavy atom. The van der Waals surface area contributed by atoms with Crippen LogP contribution in [-0.4, -0.2) is 47.0 Å². The molecule has 2 saturated heterocycles. The van der Waals surface area contributed by atoms with Crippen molar-refractivity contribution in [3.8, 4) is 0 Å². The molecule has 2 unspecified atom stereocenters. The average molecular weight is 254 g/mol. The van der Waals surface area contributed by atoms with Crippen LogP contribution in [0.2, 0.25) is 0 Å². The van der Waals surface area contributed by atoms with Crippen LogP contribution < -0.4 is 5.32 Å². The lowest BCUT2D eigenvalue weighted by Gasteiger charge is -2.51. The van der Waals surface area contributed by atoms with Crippen molar-refractivity contribution in [3.63, 3.8) is 0 Å². The SMILES string of the molecule is CC1C(=O)NC(C)(C)C(=O)N1C1(C)CCCOC1. The summed E-state index contributed by atoms with van der Waals surface area (Å²) in [5.41, 5.74) is -1.20. The Labute approximate surface area is 108 Å². The summed E-state index contributed by atoms with van der Waals surface area (Å²) < 4.78 is 5.51. The van der Waals surface area contributed by atoms with Gasteiger partial charge in [0.1, 0.15) is 11.6 Å². The van der Waals surface area contributed by atoms with E-state index in [0.717, 1.165) is 19.4 Å². The number of ether oxygens (including phenoxy) is 1. The van der Waals surface area contributed by atoms with E-state index in [0.29, 0.717) is 6.61 Å². The number of nitrogens with one attached hydrogen (secondary N) is 1. The van der Waals surface area contributed by atoms with Crippen molar-refractivity contribution in [2.75, 3.05) is 13.2 Å². The fourth-order valence-corrected chi connectivity index (χ4v) is 2.88. The van der Waals surface area contributed by atoms with E-state index in [1.165, 1.54) is 0 Å². The maximum Gasteiger partial charge on any atom is 0.248 e. The normalized spacial score (nSPS) is 36.4. The van der Waals surface area contributed by atoms with Gasteiger partial charge in [-0.25, -0.2) is 0 Å². The lowest BCUT2D eigenvalue weighted by molar-refractivity contribution is -0.166. The van der Waals surface area contributed by atoms with Gasteiger partial charge in [-0.15, -0.1) is 0 Å². The summed E-state index contributed by atoms with van der Waals surface area (Å²) in [6.07, 6.45) is 1.81. The minimum Gasteiger partial charge on any atom is -0.379 e. The topological polar surface area (TPSA) is 58.6 Å². The number of hydrogen-bond acceptors (Lipinski definition) is 3. The Kier molecular flexibility index (Phi) is 3.13. The highest BCUT2D eigenvalue weighted by Gasteiger charge is 2.50. The van der Waals surface area contributed by atoms with Crippen LogP contribution in [-0.2, 0) is 14.3 Å². The first kappa shape index (κ1) is 13.3. The molecule has 5 nitrogen and oxygen atoms in total. The summed E-state index contributed by atoms with van der Waals surface area (Å²) in [5.74, 6) is -0.117. The fraction of sp³-hybridized carbons (Fsp3) is 0.846. The minimum atomic E-state index is -0.829. The van der Waals surface area contributed by atoms with Gasteiger partial charge >= 0.3 is 0 Å². The van der Waals surface area contributed by atoms with Gasteiger partial charge in [0.15, 0.2) is 0 Å². The monoisotopic (exact) mass is 254 g/mol. The zero-order valence-corrected chi connectivity index (χ0v) is 11.6. The lowest BCUT2D eigenvalue weighted by Crippen LogP contribution is -2.73. The molecule has 0 radical (unpaired) electrons. The summed E-state index contributed by atoms with van der Waals surface area (Å²) in [6, 6.07) is -0.433. The predicted molar refractivity (Wildman–Crippen MR) is 67.0 cm³/mol. The van der Waals surface area contributed by atoms with Crippen molar-refractivity contribution in [3.05, 3.63) is 0 Å². The molecule has 2 amide bonds. The number of rotatable bonds is 1. The molecule has 0 aliphatic carbocycles. The minimum absolute atomic E-state index is 0.0254. The quantitative estimate of drug-likeness (QED) is 0.748. The Bertz CT molecular complexity index is 372. The first-order valence-electron chi connectivity index (χ1n) is 6.51. The fourth-order valence-electron chi connectivity index (χ4n) is 2.88. The molecular weight excluding hydrogens is 232 g/mol. The van der Waals surface area contributed by atoms with Crippen LogP contribution >= 0.6 is 0 Å². The van der Waals surface area contributed by atoms with E-state index >= 15 is 0 Å². The van der Waals surface area contributed by atoms with E-state index in [9.17, 15) is 9.59 Å². The van der Waals surface area contributed by atoms with Gasteiger partial charge in [-0.2, -0.15) is 0 Å². The van der Waals surface area contributed by atoms with Crippen LogP contribution in [0.15, 0.2) is 0 Å². The van der Waals surface area contributed by atoms with Crippen LogP contribution in [0.5, 0.6) is 0 Å². The average Bonchev–Trinajstić information content (AvgIpc) is 2.27. The predicted octanol–water partition coefficient (Wildman–Crippen LogP) is 0.681. The summed E-state index contributed by atoms with van der Waals surface area (Å²) >= 11 is 0. The van der Waals surface area contributed by atoms with Crippen LogP contribution in [0, 0.1) is 0 Å². The molecule has 0 aromatic carbocycles. The van der Waals surface area contributed by atoms with Gasteiger partial charge < -0.3 is 15.0 Å². The van der Waals surface area contributed by atoms with Gasteiger partial charge in [0.25, 0.3) is 0 Å². The summed E-state index contributed by atoms with van der Waals surface area (Å²) in [7, 11) is 0. The zero-order chi connectivity index (χ0) is 13.6. The van der Waals surface area contributed by atoms with Gasteiger partial charge in [0.2, 0.25) is 11.8 Å². The van der Waals surface area contributed by atoms with Gasteiger partial charge in [-0.1, -0.05) is 0 Å². The first-order valence-corrected chi connectivity index (χ1v) is 6.51. The van der Waals surface area contributed by atoms with Gasteiger partial charge in [-0.3, -0.25) is 9.59 Å². The number of nitrogens with zero attached hydrogens (tertiary/aromatic N) is 1. The molecule has 0 aromatic heterocycles. The molecule has 1 N–H and O–H groups in total. The number of hydrogen-bond donors (Lipinski definition) is 1. The van der Waals surface area contributed by atoms with Crippen molar-refractivity contribution >= 4 is 11.8 Å². The second-order valence-corrected chi connectivity index (χ2v) is 6.12. The smallest absolute Gasteiger partial charge is 0.248 e. The van der Waals surface area contributed by atoms with Crippen LogP contribution in [0.4, 0.5) is 0 Å². The van der Waals surface area contributed by atoms with Crippen molar-refractivity contribution in [2.24, 2.45) is 0 Å². The lowest BCUT2D eigenvalue weighted by atomic mass is 9.86. The van der Waals surface area contributed by atoms with E-state index in [1.54, 1.807) is 25.7 Å². The Morgan fingerprint density at radius 1 is 1.33 bits per heavy atom. The molecule has 0 bridgehead atoms.